The zero-order chi connectivity index (χ0) is 9.42. The van der Waals surface area contributed by atoms with Crippen LogP contribution in [0, 0.1) is 15.9 Å². The maximum Gasteiger partial charge on any atom is 0.278 e. The lowest BCUT2D eigenvalue weighted by Crippen LogP contribution is -1.89. The second-order valence-electron chi connectivity index (χ2n) is 2.59. The smallest absolute Gasteiger partial charge is 0.278 e. The van der Waals surface area contributed by atoms with Crippen molar-refractivity contribution in [3.63, 3.8) is 0 Å². The van der Waals surface area contributed by atoms with Crippen LogP contribution in [0.1, 0.15) is 0 Å². The zero-order valence-electron chi connectivity index (χ0n) is 6.45. The molecule has 66 valence electrons. The highest BCUT2D eigenvalue weighted by atomic mass is 19.1. The van der Waals surface area contributed by atoms with Crippen LogP contribution in [0.5, 0.6) is 0 Å². The van der Waals surface area contributed by atoms with Crippen molar-refractivity contribution in [2.45, 2.75) is 0 Å². The van der Waals surface area contributed by atoms with E-state index >= 15 is 0 Å². The molecular weight excluding hydrogens is 175 g/mol. The van der Waals surface area contributed by atoms with Crippen LogP contribution in [0.25, 0.3) is 10.9 Å². The van der Waals surface area contributed by atoms with E-state index in [1.165, 1.54) is 12.3 Å². The lowest BCUT2D eigenvalue weighted by atomic mass is 10.2. The number of H-pyrrole nitrogens is 1. The molecule has 0 aliphatic heterocycles. The molecule has 0 bridgehead atoms. The van der Waals surface area contributed by atoms with Gasteiger partial charge in [0, 0.05) is 12.3 Å². The average Bonchev–Trinajstić information content (AvgIpc) is 2.53. The minimum atomic E-state index is -0.532. The number of nitrogens with zero attached hydrogens (tertiary/aromatic N) is 1. The fourth-order valence-electron chi connectivity index (χ4n) is 1.26. The van der Waals surface area contributed by atoms with Crippen LogP contribution in [0.2, 0.25) is 0 Å². The Balaban J connectivity index is 2.86. The first kappa shape index (κ1) is 7.72. The zero-order valence-corrected chi connectivity index (χ0v) is 6.45. The molecule has 1 aromatic carbocycles. The predicted octanol–water partition coefficient (Wildman–Crippen LogP) is 2.22. The van der Waals surface area contributed by atoms with Gasteiger partial charge in [-0.15, -0.1) is 0 Å². The number of halogens is 1. The fraction of sp³-hybridized carbons (Fsp3) is 0. The van der Waals surface area contributed by atoms with Gasteiger partial charge >= 0.3 is 0 Å². The largest absolute Gasteiger partial charge is 0.359 e. The Labute approximate surface area is 72.1 Å². The summed E-state index contributed by atoms with van der Waals surface area (Å²) in [5.74, 6) is -0.481. The predicted molar refractivity (Wildman–Crippen MR) is 44.9 cm³/mol. The molecule has 4 nitrogen and oxygen atoms in total. The van der Waals surface area contributed by atoms with E-state index in [0.717, 1.165) is 12.1 Å². The number of hydrogen-bond donors (Lipinski definition) is 1. The summed E-state index contributed by atoms with van der Waals surface area (Å²) in [5.41, 5.74) is 0.0897. The molecular formula is C8H5FN2O2. The molecule has 2 aromatic rings. The first-order valence-corrected chi connectivity index (χ1v) is 3.60. The van der Waals surface area contributed by atoms with Gasteiger partial charge in [0.25, 0.3) is 5.69 Å². The van der Waals surface area contributed by atoms with E-state index < -0.39 is 10.7 Å². The van der Waals surface area contributed by atoms with Crippen molar-refractivity contribution in [1.82, 2.24) is 4.98 Å². The minimum absolute atomic E-state index is 0.0855. The van der Waals surface area contributed by atoms with Gasteiger partial charge in [-0.25, -0.2) is 4.39 Å². The number of hydrogen-bond acceptors (Lipinski definition) is 2. The first-order valence-electron chi connectivity index (χ1n) is 3.60. The normalized spacial score (nSPS) is 10.5. The Hall–Kier alpha value is -1.91. The van der Waals surface area contributed by atoms with E-state index in [-0.39, 0.29) is 11.2 Å². The standard InChI is InChI=1S/C8H5FN2O2/c9-6-1-2-7(11(12)13)5-3-4-10-8(5)6/h1-4,10H. The minimum Gasteiger partial charge on any atom is -0.359 e. The summed E-state index contributed by atoms with van der Waals surface area (Å²) in [6.45, 7) is 0. The molecule has 0 unspecified atom stereocenters. The Morgan fingerprint density at radius 3 is 2.85 bits per heavy atom. The van der Waals surface area contributed by atoms with Crippen LogP contribution in [-0.4, -0.2) is 9.91 Å². The quantitative estimate of drug-likeness (QED) is 0.540. The van der Waals surface area contributed by atoms with Gasteiger partial charge in [-0.05, 0) is 12.1 Å². The number of nitro groups is 1. The van der Waals surface area contributed by atoms with E-state index in [9.17, 15) is 14.5 Å². The van der Waals surface area contributed by atoms with Crippen LogP contribution >= 0.6 is 0 Å². The number of nitrogens with one attached hydrogen (secondary N) is 1. The third-order valence-electron chi connectivity index (χ3n) is 1.85. The summed E-state index contributed by atoms with van der Waals surface area (Å²) in [5, 5.41) is 10.8. The highest BCUT2D eigenvalue weighted by Gasteiger charge is 2.14. The molecule has 0 radical (unpaired) electrons. The molecule has 0 saturated heterocycles. The number of fused-ring (bicyclic) bond motifs is 1. The van der Waals surface area contributed by atoms with Gasteiger partial charge < -0.3 is 4.98 Å². The molecule has 0 aliphatic rings. The van der Waals surface area contributed by atoms with Crippen molar-refractivity contribution in [2.24, 2.45) is 0 Å². The third kappa shape index (κ3) is 1.05. The molecule has 0 spiro atoms. The number of non-ortho nitro benzene ring substituents is 1. The number of benzene rings is 1. The number of aromatic nitrogens is 1. The molecule has 0 fully saturated rings. The van der Waals surface area contributed by atoms with E-state index in [2.05, 4.69) is 4.98 Å². The van der Waals surface area contributed by atoms with Crippen LogP contribution in [0.3, 0.4) is 0 Å². The number of rotatable bonds is 1. The number of nitro benzene ring substituents is 1. The topological polar surface area (TPSA) is 58.9 Å². The highest BCUT2D eigenvalue weighted by Crippen LogP contribution is 2.26. The fourth-order valence-corrected chi connectivity index (χ4v) is 1.26. The van der Waals surface area contributed by atoms with Crippen molar-refractivity contribution >= 4 is 16.6 Å². The van der Waals surface area contributed by atoms with Gasteiger partial charge in [-0.2, -0.15) is 0 Å². The molecule has 5 heteroatoms. The van der Waals surface area contributed by atoms with E-state index in [1.807, 2.05) is 0 Å². The molecule has 1 N–H and O–H groups in total. The van der Waals surface area contributed by atoms with Gasteiger partial charge in [-0.3, -0.25) is 10.1 Å². The number of aromatic amines is 1. The highest BCUT2D eigenvalue weighted by molar-refractivity contribution is 5.88. The maximum atomic E-state index is 13.0. The average molecular weight is 180 g/mol. The molecule has 2 rings (SSSR count). The third-order valence-corrected chi connectivity index (χ3v) is 1.85. The van der Waals surface area contributed by atoms with Crippen molar-refractivity contribution in [1.29, 1.82) is 0 Å². The lowest BCUT2D eigenvalue weighted by molar-refractivity contribution is -0.383. The second-order valence-corrected chi connectivity index (χ2v) is 2.59. The Morgan fingerprint density at radius 2 is 2.15 bits per heavy atom. The summed E-state index contributed by atoms with van der Waals surface area (Å²) in [7, 11) is 0. The molecule has 0 atom stereocenters. The van der Waals surface area contributed by atoms with Crippen molar-refractivity contribution in [3.8, 4) is 0 Å². The first-order chi connectivity index (χ1) is 6.20. The van der Waals surface area contributed by atoms with E-state index in [0.29, 0.717) is 5.39 Å². The Kier molecular flexibility index (Phi) is 1.51. The Morgan fingerprint density at radius 1 is 1.38 bits per heavy atom. The molecule has 0 saturated carbocycles. The van der Waals surface area contributed by atoms with Crippen LogP contribution in [0.4, 0.5) is 10.1 Å². The molecule has 1 heterocycles. The van der Waals surface area contributed by atoms with Gasteiger partial charge in [0.1, 0.15) is 5.82 Å². The van der Waals surface area contributed by atoms with Crippen molar-refractivity contribution < 1.29 is 9.31 Å². The SMILES string of the molecule is O=[N+]([O-])c1ccc(F)c2[nH]ccc12. The van der Waals surface area contributed by atoms with Crippen LogP contribution < -0.4 is 0 Å². The van der Waals surface area contributed by atoms with Crippen molar-refractivity contribution in [3.05, 3.63) is 40.3 Å². The molecule has 13 heavy (non-hydrogen) atoms. The summed E-state index contributed by atoms with van der Waals surface area (Å²) >= 11 is 0. The summed E-state index contributed by atoms with van der Waals surface area (Å²) in [6, 6.07) is 3.72. The maximum absolute atomic E-state index is 13.0. The second kappa shape index (κ2) is 2.55. The van der Waals surface area contributed by atoms with E-state index in [4.69, 9.17) is 0 Å². The van der Waals surface area contributed by atoms with Gasteiger partial charge in [0.15, 0.2) is 0 Å². The van der Waals surface area contributed by atoms with E-state index in [1.54, 1.807) is 0 Å². The summed E-state index contributed by atoms with van der Waals surface area (Å²) < 4.78 is 13.0. The van der Waals surface area contributed by atoms with Gasteiger partial charge in [0.2, 0.25) is 0 Å². The van der Waals surface area contributed by atoms with Gasteiger partial charge in [0.05, 0.1) is 15.8 Å². The summed E-state index contributed by atoms with van der Waals surface area (Å²) in [6.07, 6.45) is 1.47. The van der Waals surface area contributed by atoms with Crippen LogP contribution in [-0.2, 0) is 0 Å². The molecule has 0 aliphatic carbocycles. The Bertz CT molecular complexity index is 478. The monoisotopic (exact) mass is 180 g/mol. The van der Waals surface area contributed by atoms with Gasteiger partial charge in [-0.1, -0.05) is 0 Å². The molecule has 0 amide bonds. The molecule has 1 aromatic heterocycles. The van der Waals surface area contributed by atoms with Crippen molar-refractivity contribution in [2.75, 3.05) is 0 Å². The lowest BCUT2D eigenvalue weighted by Gasteiger charge is -1.94. The summed E-state index contributed by atoms with van der Waals surface area (Å²) in [4.78, 5) is 12.6. The van der Waals surface area contributed by atoms with Crippen LogP contribution in [0.15, 0.2) is 24.4 Å².